The van der Waals surface area contributed by atoms with Gasteiger partial charge in [0.1, 0.15) is 17.1 Å². The number of benzene rings is 1. The number of alkyl halides is 3. The second-order valence-electron chi connectivity index (χ2n) is 4.98. The quantitative estimate of drug-likeness (QED) is 0.745. The van der Waals surface area contributed by atoms with Crippen LogP contribution in [0.4, 0.5) is 13.2 Å². The Morgan fingerprint density at radius 1 is 1.17 bits per heavy atom. The first-order chi connectivity index (χ1) is 10.8. The van der Waals surface area contributed by atoms with Crippen molar-refractivity contribution in [1.82, 2.24) is 14.0 Å². The van der Waals surface area contributed by atoms with Gasteiger partial charge in [-0.05, 0) is 24.6 Å². The van der Waals surface area contributed by atoms with Crippen LogP contribution in [-0.4, -0.2) is 20.3 Å². The fraction of sp³-hybridized carbons (Fsp3) is 0.200. The van der Waals surface area contributed by atoms with Gasteiger partial charge < -0.3 is 9.30 Å². The van der Waals surface area contributed by atoms with Crippen molar-refractivity contribution in [1.29, 1.82) is 0 Å². The van der Waals surface area contributed by atoms with Crippen LogP contribution in [0.3, 0.4) is 0 Å². The maximum atomic E-state index is 12.3. The summed E-state index contributed by atoms with van der Waals surface area (Å²) in [6.45, 7) is 2.03. The molecule has 0 amide bonds. The first-order valence-corrected chi connectivity index (χ1v) is 6.71. The van der Waals surface area contributed by atoms with Crippen LogP contribution >= 0.6 is 0 Å². The van der Waals surface area contributed by atoms with Crippen molar-refractivity contribution in [3.63, 3.8) is 0 Å². The number of halogens is 3. The summed E-state index contributed by atoms with van der Waals surface area (Å²) in [6, 6.07) is 5.41. The van der Waals surface area contributed by atoms with E-state index in [0.717, 1.165) is 0 Å². The summed E-state index contributed by atoms with van der Waals surface area (Å²) in [4.78, 5) is 16.4. The van der Waals surface area contributed by atoms with E-state index in [9.17, 15) is 18.0 Å². The van der Waals surface area contributed by atoms with E-state index in [1.165, 1.54) is 35.0 Å². The largest absolute Gasteiger partial charge is 0.573 e. The van der Waals surface area contributed by atoms with Gasteiger partial charge in [0.15, 0.2) is 0 Å². The van der Waals surface area contributed by atoms with E-state index < -0.39 is 6.36 Å². The predicted octanol–water partition coefficient (Wildman–Crippen LogP) is 2.75. The lowest BCUT2D eigenvalue weighted by molar-refractivity contribution is -0.274. The Balaban J connectivity index is 1.85. The molecule has 0 bridgehead atoms. The second kappa shape index (κ2) is 5.45. The Hall–Kier alpha value is -2.77. The van der Waals surface area contributed by atoms with Gasteiger partial charge in [-0.15, -0.1) is 13.2 Å². The van der Waals surface area contributed by atoms with Crippen LogP contribution in [0.5, 0.6) is 5.75 Å². The summed E-state index contributed by atoms with van der Waals surface area (Å²) < 4.78 is 43.3. The lowest BCUT2D eigenvalue weighted by atomic mass is 10.2. The summed E-state index contributed by atoms with van der Waals surface area (Å²) in [5.41, 5.74) is 0.910. The molecule has 0 aliphatic heterocycles. The first-order valence-electron chi connectivity index (χ1n) is 6.71. The monoisotopic (exact) mass is 323 g/mol. The number of aryl methyl sites for hydroxylation is 1. The van der Waals surface area contributed by atoms with Gasteiger partial charge in [-0.3, -0.25) is 9.20 Å². The first kappa shape index (κ1) is 15.1. The van der Waals surface area contributed by atoms with E-state index in [4.69, 9.17) is 0 Å². The third kappa shape index (κ3) is 3.20. The van der Waals surface area contributed by atoms with Crippen LogP contribution in [0.25, 0.3) is 5.52 Å². The molecule has 0 saturated carbocycles. The zero-order chi connectivity index (χ0) is 16.6. The summed E-state index contributed by atoms with van der Waals surface area (Å²) >= 11 is 0. The topological polar surface area (TPSA) is 48.5 Å². The highest BCUT2D eigenvalue weighted by Crippen LogP contribution is 2.22. The van der Waals surface area contributed by atoms with E-state index in [1.807, 2.05) is 0 Å². The van der Waals surface area contributed by atoms with Crippen molar-refractivity contribution in [3.8, 4) is 5.75 Å². The molecule has 8 heteroatoms. The molecule has 0 spiro atoms. The van der Waals surface area contributed by atoms with E-state index in [0.29, 0.717) is 16.9 Å². The number of imidazole rings is 1. The van der Waals surface area contributed by atoms with Crippen LogP contribution in [-0.2, 0) is 6.54 Å². The van der Waals surface area contributed by atoms with Gasteiger partial charge in [0, 0.05) is 12.4 Å². The fourth-order valence-corrected chi connectivity index (χ4v) is 2.28. The highest BCUT2D eigenvalue weighted by atomic mass is 19.4. The molecule has 3 aromatic rings. The molecule has 3 rings (SSSR count). The minimum atomic E-state index is -4.72. The summed E-state index contributed by atoms with van der Waals surface area (Å²) in [6.07, 6.45) is 0.113. The molecule has 1 aromatic carbocycles. The van der Waals surface area contributed by atoms with Gasteiger partial charge in [-0.2, -0.15) is 0 Å². The molecule has 0 aliphatic rings. The van der Waals surface area contributed by atoms with Crippen LogP contribution in [0.15, 0.2) is 47.7 Å². The number of hydrogen-bond acceptors (Lipinski definition) is 3. The number of fused-ring (bicyclic) bond motifs is 1. The number of hydrogen-bond donors (Lipinski definition) is 0. The van der Waals surface area contributed by atoms with Crippen molar-refractivity contribution in [3.05, 3.63) is 64.6 Å². The maximum absolute atomic E-state index is 12.3. The van der Waals surface area contributed by atoms with Crippen molar-refractivity contribution in [2.45, 2.75) is 19.8 Å². The van der Waals surface area contributed by atoms with Crippen LogP contribution in [0, 0.1) is 6.92 Å². The molecule has 0 saturated heterocycles. The molecule has 0 N–H and O–H groups in total. The zero-order valence-electron chi connectivity index (χ0n) is 12.0. The Morgan fingerprint density at radius 3 is 2.52 bits per heavy atom. The Kier molecular flexibility index (Phi) is 3.59. The molecule has 0 fully saturated rings. The summed E-state index contributed by atoms with van der Waals surface area (Å²) in [5.74, 6) is 0.411. The average Bonchev–Trinajstić information content (AvgIpc) is 2.85. The third-order valence-electron chi connectivity index (χ3n) is 3.37. The standard InChI is InChI=1S/C15H12F3N3O2/c1-10-19-8-13-14(22)20(6-7-21(10)13)9-11-2-4-12(5-3-11)23-15(16,17)18/h2-8H,9H2,1H3. The summed E-state index contributed by atoms with van der Waals surface area (Å²) in [7, 11) is 0. The lowest BCUT2D eigenvalue weighted by Crippen LogP contribution is -2.21. The van der Waals surface area contributed by atoms with Crippen molar-refractivity contribution >= 4 is 5.52 Å². The zero-order valence-corrected chi connectivity index (χ0v) is 12.0. The SMILES string of the molecule is Cc1ncc2c(=O)n(Cc3ccc(OC(F)(F)F)cc3)ccn12. The van der Waals surface area contributed by atoms with E-state index in [1.54, 1.807) is 23.7 Å². The third-order valence-corrected chi connectivity index (χ3v) is 3.37. The predicted molar refractivity (Wildman–Crippen MR) is 76.4 cm³/mol. The van der Waals surface area contributed by atoms with Gasteiger partial charge in [-0.1, -0.05) is 12.1 Å². The average molecular weight is 323 g/mol. The van der Waals surface area contributed by atoms with Gasteiger partial charge in [-0.25, -0.2) is 4.98 Å². The van der Waals surface area contributed by atoms with Crippen LogP contribution in [0.1, 0.15) is 11.4 Å². The highest BCUT2D eigenvalue weighted by molar-refractivity contribution is 5.43. The molecule has 2 aromatic heterocycles. The molecule has 0 atom stereocenters. The van der Waals surface area contributed by atoms with Crippen molar-refractivity contribution < 1.29 is 17.9 Å². The van der Waals surface area contributed by atoms with Gasteiger partial charge in [0.25, 0.3) is 5.56 Å². The van der Waals surface area contributed by atoms with Crippen LogP contribution in [0.2, 0.25) is 0 Å². The van der Waals surface area contributed by atoms with E-state index in [2.05, 4.69) is 9.72 Å². The number of aromatic nitrogens is 3. The molecule has 2 heterocycles. The molecular formula is C15H12F3N3O2. The van der Waals surface area contributed by atoms with Crippen molar-refractivity contribution in [2.75, 3.05) is 0 Å². The van der Waals surface area contributed by atoms with E-state index >= 15 is 0 Å². The highest BCUT2D eigenvalue weighted by Gasteiger charge is 2.30. The number of ether oxygens (including phenoxy) is 1. The van der Waals surface area contributed by atoms with Crippen molar-refractivity contribution in [2.24, 2.45) is 0 Å². The second-order valence-corrected chi connectivity index (χ2v) is 4.98. The molecular weight excluding hydrogens is 311 g/mol. The molecule has 0 aliphatic carbocycles. The Bertz CT molecular complexity index is 895. The minimum absolute atomic E-state index is 0.219. The van der Waals surface area contributed by atoms with Gasteiger partial charge >= 0.3 is 6.36 Å². The maximum Gasteiger partial charge on any atom is 0.573 e. The van der Waals surface area contributed by atoms with E-state index in [-0.39, 0.29) is 17.9 Å². The molecule has 5 nitrogen and oxygen atoms in total. The minimum Gasteiger partial charge on any atom is -0.406 e. The molecule has 0 radical (unpaired) electrons. The fourth-order valence-electron chi connectivity index (χ4n) is 2.28. The summed E-state index contributed by atoms with van der Waals surface area (Å²) in [5, 5.41) is 0. The molecule has 0 unspecified atom stereocenters. The van der Waals surface area contributed by atoms with Gasteiger partial charge in [0.2, 0.25) is 0 Å². The number of nitrogens with zero attached hydrogens (tertiary/aromatic N) is 3. The molecule has 23 heavy (non-hydrogen) atoms. The Morgan fingerprint density at radius 2 is 1.87 bits per heavy atom. The normalized spacial score (nSPS) is 11.8. The lowest BCUT2D eigenvalue weighted by Gasteiger charge is -2.10. The van der Waals surface area contributed by atoms with Crippen LogP contribution < -0.4 is 10.3 Å². The number of rotatable bonds is 3. The smallest absolute Gasteiger partial charge is 0.406 e. The van der Waals surface area contributed by atoms with Gasteiger partial charge in [0.05, 0.1) is 12.7 Å². The Labute approximate surface area is 128 Å². The molecule has 120 valence electrons.